The van der Waals surface area contributed by atoms with Gasteiger partial charge in [-0.25, -0.2) is 0 Å². The van der Waals surface area contributed by atoms with E-state index in [1.807, 2.05) is 25.5 Å². The number of likely N-dealkylation sites (N-methyl/N-ethyl adjacent to an activating group) is 1. The zero-order valence-electron chi connectivity index (χ0n) is 7.54. The van der Waals surface area contributed by atoms with Gasteiger partial charge >= 0.3 is 0 Å². The van der Waals surface area contributed by atoms with Crippen LogP contribution in [0.2, 0.25) is 0 Å². The average Bonchev–Trinajstić information content (AvgIpc) is 2.09. The number of rotatable bonds is 3. The highest BCUT2D eigenvalue weighted by molar-refractivity contribution is 5.52. The predicted octanol–water partition coefficient (Wildman–Crippen LogP) is 1.62. The van der Waals surface area contributed by atoms with Gasteiger partial charge in [-0.2, -0.15) is 0 Å². The van der Waals surface area contributed by atoms with Gasteiger partial charge in [0.1, 0.15) is 0 Å². The molecule has 0 aliphatic heterocycles. The van der Waals surface area contributed by atoms with Gasteiger partial charge in [-0.05, 0) is 31.2 Å². The predicted molar refractivity (Wildman–Crippen MR) is 51.9 cm³/mol. The maximum absolute atomic E-state index is 4.02. The summed E-state index contributed by atoms with van der Waals surface area (Å²) in [6.07, 6.45) is 7.89. The summed E-state index contributed by atoms with van der Waals surface area (Å²) >= 11 is 0. The van der Waals surface area contributed by atoms with E-state index >= 15 is 0 Å². The molecular weight excluding hydrogens is 148 g/mol. The summed E-state index contributed by atoms with van der Waals surface area (Å²) in [5, 5.41) is 3.05. The van der Waals surface area contributed by atoms with E-state index in [4.69, 9.17) is 0 Å². The third kappa shape index (κ3) is 2.47. The average molecular weight is 162 g/mol. The van der Waals surface area contributed by atoms with E-state index < -0.39 is 0 Å². The lowest BCUT2D eigenvalue weighted by Gasteiger charge is -1.97. The third-order valence-corrected chi connectivity index (χ3v) is 1.68. The monoisotopic (exact) mass is 162 g/mol. The van der Waals surface area contributed by atoms with Gasteiger partial charge in [-0.15, -0.1) is 0 Å². The van der Waals surface area contributed by atoms with Gasteiger partial charge in [0.15, 0.2) is 0 Å². The molecule has 0 amide bonds. The molecule has 2 nitrogen and oxygen atoms in total. The first-order valence-corrected chi connectivity index (χ1v) is 4.06. The highest BCUT2D eigenvalue weighted by Gasteiger charge is 1.89. The Morgan fingerprint density at radius 1 is 1.58 bits per heavy atom. The summed E-state index contributed by atoms with van der Waals surface area (Å²) in [5.74, 6) is 0. The molecule has 0 radical (unpaired) electrons. The van der Waals surface area contributed by atoms with E-state index in [0.717, 1.165) is 6.54 Å². The van der Waals surface area contributed by atoms with Crippen molar-refractivity contribution < 1.29 is 0 Å². The Bertz CT molecular complexity index is 266. The Balaban J connectivity index is 2.68. The second kappa shape index (κ2) is 4.67. The molecule has 0 fully saturated rings. The Morgan fingerprint density at radius 2 is 2.42 bits per heavy atom. The zero-order chi connectivity index (χ0) is 8.81. The summed E-state index contributed by atoms with van der Waals surface area (Å²) in [7, 11) is 1.93. The molecule has 0 saturated heterocycles. The molecule has 64 valence electrons. The molecule has 0 aliphatic rings. The quantitative estimate of drug-likeness (QED) is 0.730. The molecule has 0 saturated carbocycles. The maximum Gasteiger partial charge on any atom is 0.0303 e. The van der Waals surface area contributed by atoms with Gasteiger partial charge in [-0.1, -0.05) is 12.2 Å². The van der Waals surface area contributed by atoms with Crippen LogP contribution in [0.3, 0.4) is 0 Å². The minimum Gasteiger partial charge on any atom is -0.316 e. The number of aromatic nitrogens is 1. The minimum absolute atomic E-state index is 0.905. The van der Waals surface area contributed by atoms with Gasteiger partial charge in [0.05, 0.1) is 0 Å². The summed E-state index contributed by atoms with van der Waals surface area (Å²) < 4.78 is 0. The van der Waals surface area contributed by atoms with E-state index in [2.05, 4.69) is 29.4 Å². The number of hydrogen-bond donors (Lipinski definition) is 1. The largest absolute Gasteiger partial charge is 0.316 e. The van der Waals surface area contributed by atoms with E-state index in [0.29, 0.717) is 0 Å². The standard InChI is InChI=1S/C10H14N2/c1-9-8-12-7-5-10(9)4-3-6-11-2/h3-5,7-8,11H,6H2,1-2H3. The summed E-state index contributed by atoms with van der Waals surface area (Å²) in [6.45, 7) is 2.97. The highest BCUT2D eigenvalue weighted by atomic mass is 14.8. The first-order valence-electron chi connectivity index (χ1n) is 4.06. The van der Waals surface area contributed by atoms with Crippen molar-refractivity contribution in [3.05, 3.63) is 35.7 Å². The van der Waals surface area contributed by atoms with Crippen LogP contribution in [0.25, 0.3) is 6.08 Å². The van der Waals surface area contributed by atoms with Crippen molar-refractivity contribution in [2.75, 3.05) is 13.6 Å². The number of hydrogen-bond acceptors (Lipinski definition) is 2. The molecule has 0 aliphatic carbocycles. The Labute approximate surface area is 73.3 Å². The molecule has 1 heterocycles. The molecule has 0 atom stereocenters. The van der Waals surface area contributed by atoms with Crippen LogP contribution in [0.1, 0.15) is 11.1 Å². The van der Waals surface area contributed by atoms with Crippen molar-refractivity contribution in [2.45, 2.75) is 6.92 Å². The molecule has 1 aromatic rings. The first-order chi connectivity index (χ1) is 5.84. The van der Waals surface area contributed by atoms with Crippen LogP contribution in [-0.4, -0.2) is 18.6 Å². The van der Waals surface area contributed by atoms with Crippen molar-refractivity contribution in [2.24, 2.45) is 0 Å². The molecule has 0 unspecified atom stereocenters. The van der Waals surface area contributed by atoms with Crippen molar-refractivity contribution in [1.82, 2.24) is 10.3 Å². The van der Waals surface area contributed by atoms with E-state index in [1.165, 1.54) is 11.1 Å². The summed E-state index contributed by atoms with van der Waals surface area (Å²) in [4.78, 5) is 4.02. The number of nitrogens with one attached hydrogen (secondary N) is 1. The Morgan fingerprint density at radius 3 is 3.08 bits per heavy atom. The van der Waals surface area contributed by atoms with Crippen molar-refractivity contribution in [3.63, 3.8) is 0 Å². The normalized spacial score (nSPS) is 10.8. The van der Waals surface area contributed by atoms with Crippen molar-refractivity contribution >= 4 is 6.08 Å². The van der Waals surface area contributed by atoms with Gasteiger partial charge in [-0.3, -0.25) is 4.98 Å². The summed E-state index contributed by atoms with van der Waals surface area (Å²) in [6, 6.07) is 2.02. The minimum atomic E-state index is 0.905. The van der Waals surface area contributed by atoms with Crippen LogP contribution in [0.5, 0.6) is 0 Å². The fourth-order valence-electron chi connectivity index (χ4n) is 0.975. The molecule has 1 aromatic heterocycles. The molecule has 2 heteroatoms. The third-order valence-electron chi connectivity index (χ3n) is 1.68. The summed E-state index contributed by atoms with van der Waals surface area (Å²) in [5.41, 5.74) is 2.45. The fourth-order valence-corrected chi connectivity index (χ4v) is 0.975. The van der Waals surface area contributed by atoms with Gasteiger partial charge in [0.2, 0.25) is 0 Å². The maximum atomic E-state index is 4.02. The zero-order valence-corrected chi connectivity index (χ0v) is 7.54. The lowest BCUT2D eigenvalue weighted by molar-refractivity contribution is 0.922. The van der Waals surface area contributed by atoms with Crippen LogP contribution >= 0.6 is 0 Å². The Hall–Kier alpha value is -1.15. The van der Waals surface area contributed by atoms with Crippen LogP contribution in [0.15, 0.2) is 24.5 Å². The Kier molecular flexibility index (Phi) is 3.48. The molecule has 12 heavy (non-hydrogen) atoms. The van der Waals surface area contributed by atoms with Gasteiger partial charge in [0.25, 0.3) is 0 Å². The van der Waals surface area contributed by atoms with E-state index in [-0.39, 0.29) is 0 Å². The van der Waals surface area contributed by atoms with Crippen LogP contribution in [0, 0.1) is 6.92 Å². The lowest BCUT2D eigenvalue weighted by atomic mass is 10.1. The second-order valence-corrected chi connectivity index (χ2v) is 2.69. The van der Waals surface area contributed by atoms with Crippen LogP contribution in [0.4, 0.5) is 0 Å². The highest BCUT2D eigenvalue weighted by Crippen LogP contribution is 2.06. The SMILES string of the molecule is CNCC=Cc1ccncc1C. The second-order valence-electron chi connectivity index (χ2n) is 2.69. The molecule has 0 spiro atoms. The van der Waals surface area contributed by atoms with Crippen molar-refractivity contribution in [3.8, 4) is 0 Å². The molecule has 1 N–H and O–H groups in total. The molecule has 0 bridgehead atoms. The molecular formula is C10H14N2. The van der Waals surface area contributed by atoms with E-state index in [9.17, 15) is 0 Å². The number of aryl methyl sites for hydroxylation is 1. The van der Waals surface area contributed by atoms with Crippen LogP contribution in [-0.2, 0) is 0 Å². The number of nitrogens with zero attached hydrogens (tertiary/aromatic N) is 1. The van der Waals surface area contributed by atoms with Crippen molar-refractivity contribution in [1.29, 1.82) is 0 Å². The molecule has 0 aromatic carbocycles. The number of pyridine rings is 1. The van der Waals surface area contributed by atoms with Crippen LogP contribution < -0.4 is 5.32 Å². The molecule has 1 rings (SSSR count). The smallest absolute Gasteiger partial charge is 0.0303 e. The van der Waals surface area contributed by atoms with Gasteiger partial charge in [0, 0.05) is 18.9 Å². The first kappa shape index (κ1) is 8.94. The van der Waals surface area contributed by atoms with E-state index in [1.54, 1.807) is 0 Å². The fraction of sp³-hybridized carbons (Fsp3) is 0.300. The van der Waals surface area contributed by atoms with Gasteiger partial charge < -0.3 is 5.32 Å². The topological polar surface area (TPSA) is 24.9 Å². The lowest BCUT2D eigenvalue weighted by Crippen LogP contribution is -2.03.